The van der Waals surface area contributed by atoms with Crippen LogP contribution in [0.1, 0.15) is 31.7 Å². The van der Waals surface area contributed by atoms with E-state index in [-0.39, 0.29) is 28.5 Å². The van der Waals surface area contributed by atoms with Gasteiger partial charge in [-0.1, -0.05) is 25.1 Å². The summed E-state index contributed by atoms with van der Waals surface area (Å²) >= 11 is 0. The summed E-state index contributed by atoms with van der Waals surface area (Å²) in [6, 6.07) is 5.82. The topological polar surface area (TPSA) is 62.1 Å². The Hall–Kier alpha value is -2.14. The van der Waals surface area contributed by atoms with Gasteiger partial charge in [0.15, 0.2) is 0 Å². The Bertz CT molecular complexity index is 861. The Morgan fingerprint density at radius 3 is 3.08 bits per heavy atom. The molecule has 5 rings (SSSR count). The molecule has 1 aromatic rings. The molecule has 26 heavy (non-hydrogen) atoms. The summed E-state index contributed by atoms with van der Waals surface area (Å²) in [6.07, 6.45) is 7.31. The average molecular weight is 352 g/mol. The number of benzene rings is 1. The Morgan fingerprint density at radius 1 is 1.46 bits per heavy atom. The fourth-order valence-electron chi connectivity index (χ4n) is 6.21. The van der Waals surface area contributed by atoms with Gasteiger partial charge in [-0.2, -0.15) is 0 Å². The first-order valence-electron chi connectivity index (χ1n) is 9.48. The lowest BCUT2D eigenvalue weighted by atomic mass is 9.51. The van der Waals surface area contributed by atoms with Gasteiger partial charge in [0.1, 0.15) is 5.75 Å². The predicted molar refractivity (Wildman–Crippen MR) is 98.8 cm³/mol. The Balaban J connectivity index is 1.79. The van der Waals surface area contributed by atoms with Gasteiger partial charge >= 0.3 is 5.97 Å². The van der Waals surface area contributed by atoms with E-state index >= 15 is 0 Å². The molecule has 3 aliphatic heterocycles. The van der Waals surface area contributed by atoms with Gasteiger partial charge in [0, 0.05) is 36.3 Å². The molecule has 1 aromatic carbocycles. The maximum atomic E-state index is 12.7. The van der Waals surface area contributed by atoms with Crippen molar-refractivity contribution in [2.45, 2.75) is 37.6 Å². The maximum Gasteiger partial charge on any atom is 0.314 e. The van der Waals surface area contributed by atoms with E-state index in [1.54, 1.807) is 12.1 Å². The van der Waals surface area contributed by atoms with Crippen molar-refractivity contribution in [3.05, 3.63) is 35.9 Å². The van der Waals surface area contributed by atoms with E-state index in [4.69, 9.17) is 9.73 Å². The second-order valence-electron chi connectivity index (χ2n) is 8.09. The van der Waals surface area contributed by atoms with Gasteiger partial charge in [0.2, 0.25) is 0 Å². The smallest absolute Gasteiger partial charge is 0.314 e. The van der Waals surface area contributed by atoms with Gasteiger partial charge in [-0.15, -0.1) is 0 Å². The molecule has 5 nitrogen and oxygen atoms in total. The van der Waals surface area contributed by atoms with Gasteiger partial charge in [-0.3, -0.25) is 14.7 Å². The van der Waals surface area contributed by atoms with Crippen molar-refractivity contribution in [1.29, 1.82) is 0 Å². The number of carbonyl (C=O) groups is 1. The lowest BCUT2D eigenvalue weighted by Gasteiger charge is -2.55. The number of aliphatic imine (C=N–C) groups is 1. The van der Waals surface area contributed by atoms with E-state index in [1.165, 1.54) is 12.7 Å². The minimum atomic E-state index is -0.326. The number of hydrogen-bond donors (Lipinski definition) is 1. The average Bonchev–Trinajstić information content (AvgIpc) is 3.20. The van der Waals surface area contributed by atoms with Crippen LogP contribution in [0, 0.1) is 11.3 Å². The van der Waals surface area contributed by atoms with Crippen molar-refractivity contribution in [2.75, 3.05) is 20.2 Å². The van der Waals surface area contributed by atoms with E-state index in [1.807, 2.05) is 6.07 Å². The molecule has 1 saturated carbocycles. The summed E-state index contributed by atoms with van der Waals surface area (Å²) in [4.78, 5) is 20.2. The highest BCUT2D eigenvalue weighted by Crippen LogP contribution is 2.63. The predicted octanol–water partition coefficient (Wildman–Crippen LogP) is 2.95. The first kappa shape index (κ1) is 16.1. The molecule has 5 heteroatoms. The number of esters is 1. The standard InChI is InChI=1S/C21H24N2O3/c1-3-20-7-4-9-23-10-8-21(19(20)23)15-6-5-13(24)11-16(15)22-17(21)14(12-20)18(25)26-2/h4-7,11,14,19,24H,3,8-10,12H2,1-2H3/t14?,19-,20-,21-/m0/s1. The largest absolute Gasteiger partial charge is 0.508 e. The zero-order valence-electron chi connectivity index (χ0n) is 15.2. The highest BCUT2D eigenvalue weighted by Gasteiger charge is 2.67. The van der Waals surface area contributed by atoms with E-state index < -0.39 is 0 Å². The number of aromatic hydroxyl groups is 1. The highest BCUT2D eigenvalue weighted by molar-refractivity contribution is 6.13. The molecule has 2 fully saturated rings. The number of phenolic OH excluding ortho intramolecular Hbond substituents is 1. The van der Waals surface area contributed by atoms with Crippen LogP contribution in [0.2, 0.25) is 0 Å². The third kappa shape index (κ3) is 1.74. The minimum absolute atomic E-state index is 0.0495. The first-order chi connectivity index (χ1) is 12.6. The number of carbonyl (C=O) groups excluding carboxylic acids is 1. The van der Waals surface area contributed by atoms with Crippen molar-refractivity contribution in [3.8, 4) is 5.75 Å². The highest BCUT2D eigenvalue weighted by atomic mass is 16.5. The fourth-order valence-corrected chi connectivity index (χ4v) is 6.21. The number of ether oxygens (including phenoxy) is 1. The fraction of sp³-hybridized carbons (Fsp3) is 0.524. The van der Waals surface area contributed by atoms with Crippen molar-refractivity contribution in [3.63, 3.8) is 0 Å². The molecule has 1 unspecified atom stereocenters. The Kier molecular flexibility index (Phi) is 3.21. The molecule has 4 aliphatic rings. The second-order valence-corrected chi connectivity index (χ2v) is 8.09. The van der Waals surface area contributed by atoms with Crippen LogP contribution in [0.5, 0.6) is 5.75 Å². The third-order valence-electron chi connectivity index (χ3n) is 7.18. The molecule has 0 bridgehead atoms. The van der Waals surface area contributed by atoms with Crippen molar-refractivity contribution in [1.82, 2.24) is 4.90 Å². The lowest BCUT2D eigenvalue weighted by molar-refractivity contribution is -0.145. The summed E-state index contributed by atoms with van der Waals surface area (Å²) in [6.45, 7) is 4.19. The molecule has 4 atom stereocenters. The molecule has 0 amide bonds. The molecular formula is C21H24N2O3. The molecule has 1 saturated heterocycles. The number of phenols is 1. The lowest BCUT2D eigenvalue weighted by Crippen LogP contribution is -2.63. The van der Waals surface area contributed by atoms with E-state index in [0.717, 1.165) is 43.8 Å². The molecular weight excluding hydrogens is 328 g/mol. The van der Waals surface area contributed by atoms with E-state index in [9.17, 15) is 9.90 Å². The first-order valence-corrected chi connectivity index (χ1v) is 9.48. The van der Waals surface area contributed by atoms with Crippen LogP contribution in [-0.4, -0.2) is 47.9 Å². The molecule has 1 spiro atoms. The molecule has 136 valence electrons. The van der Waals surface area contributed by atoms with Crippen LogP contribution in [0.25, 0.3) is 0 Å². The minimum Gasteiger partial charge on any atom is -0.508 e. The summed E-state index contributed by atoms with van der Waals surface area (Å²) in [5, 5.41) is 9.97. The zero-order chi connectivity index (χ0) is 18.1. The second kappa shape index (κ2) is 5.19. The van der Waals surface area contributed by atoms with Crippen LogP contribution >= 0.6 is 0 Å². The number of rotatable bonds is 2. The van der Waals surface area contributed by atoms with Crippen molar-refractivity contribution < 1.29 is 14.6 Å². The van der Waals surface area contributed by atoms with Crippen molar-refractivity contribution in [2.24, 2.45) is 16.3 Å². The van der Waals surface area contributed by atoms with E-state index in [0.29, 0.717) is 6.04 Å². The van der Waals surface area contributed by atoms with Crippen LogP contribution in [0.15, 0.2) is 35.3 Å². The number of methoxy groups -OCH3 is 1. The SMILES string of the molecule is CC[C@]12C=CCN3CC[C@]4(C(=Nc5cc(O)ccc54)C(C(=O)OC)C1)[C@@H]32. The maximum absolute atomic E-state index is 12.7. The Morgan fingerprint density at radius 2 is 2.31 bits per heavy atom. The summed E-state index contributed by atoms with van der Waals surface area (Å²) < 4.78 is 5.19. The van der Waals surface area contributed by atoms with Gasteiger partial charge in [-0.05, 0) is 30.9 Å². The van der Waals surface area contributed by atoms with Gasteiger partial charge in [0.25, 0.3) is 0 Å². The molecule has 3 heterocycles. The molecule has 0 aromatic heterocycles. The van der Waals surface area contributed by atoms with Crippen LogP contribution in [0.4, 0.5) is 5.69 Å². The molecule has 1 aliphatic carbocycles. The quantitative estimate of drug-likeness (QED) is 0.657. The normalized spacial score (nSPS) is 36.9. The number of hydrogen-bond acceptors (Lipinski definition) is 5. The molecule has 1 N–H and O–H groups in total. The summed E-state index contributed by atoms with van der Waals surface area (Å²) in [7, 11) is 1.46. The van der Waals surface area contributed by atoms with E-state index in [2.05, 4.69) is 24.0 Å². The van der Waals surface area contributed by atoms with Crippen LogP contribution in [0.3, 0.4) is 0 Å². The van der Waals surface area contributed by atoms with Gasteiger partial charge < -0.3 is 9.84 Å². The Labute approximate surface area is 153 Å². The monoisotopic (exact) mass is 352 g/mol. The van der Waals surface area contributed by atoms with Crippen LogP contribution < -0.4 is 0 Å². The van der Waals surface area contributed by atoms with Crippen molar-refractivity contribution >= 4 is 17.4 Å². The number of fused-ring (bicyclic) bond motifs is 1. The third-order valence-corrected chi connectivity index (χ3v) is 7.18. The summed E-state index contributed by atoms with van der Waals surface area (Å²) in [5.74, 6) is -0.296. The van der Waals surface area contributed by atoms with Gasteiger partial charge in [-0.25, -0.2) is 0 Å². The van der Waals surface area contributed by atoms with Gasteiger partial charge in [0.05, 0.1) is 24.1 Å². The molecule has 0 radical (unpaired) electrons. The number of nitrogens with zero attached hydrogens (tertiary/aromatic N) is 2. The zero-order valence-corrected chi connectivity index (χ0v) is 15.2. The van der Waals surface area contributed by atoms with Crippen LogP contribution in [-0.2, 0) is 14.9 Å². The summed E-state index contributed by atoms with van der Waals surface area (Å²) in [5.41, 5.74) is 2.64.